The van der Waals surface area contributed by atoms with Crippen LogP contribution in [0.15, 0.2) is 66.7 Å². The number of hydrogen-bond donors (Lipinski definition) is 2. The number of alkyl halides is 3. The fraction of sp³-hybridized carbons (Fsp3) is 0.231. The van der Waals surface area contributed by atoms with Crippen LogP contribution in [0, 0.1) is 5.82 Å². The predicted molar refractivity (Wildman–Crippen MR) is 123 cm³/mol. The van der Waals surface area contributed by atoms with Crippen LogP contribution in [-0.2, 0) is 6.18 Å². The zero-order valence-electron chi connectivity index (χ0n) is 18.5. The highest BCUT2D eigenvalue weighted by molar-refractivity contribution is 6.01. The van der Waals surface area contributed by atoms with Crippen LogP contribution in [-0.4, -0.2) is 35.1 Å². The van der Waals surface area contributed by atoms with Gasteiger partial charge in [0.05, 0.1) is 16.8 Å². The van der Waals surface area contributed by atoms with Gasteiger partial charge < -0.3 is 15.3 Å². The molecule has 1 fully saturated rings. The first kappa shape index (κ1) is 24.3. The Morgan fingerprint density at radius 3 is 2.17 bits per heavy atom. The Kier molecular flexibility index (Phi) is 6.77. The van der Waals surface area contributed by atoms with Gasteiger partial charge in [0.15, 0.2) is 0 Å². The van der Waals surface area contributed by atoms with Crippen LogP contribution in [0.25, 0.3) is 11.1 Å². The minimum Gasteiger partial charge on any atom is -0.478 e. The van der Waals surface area contributed by atoms with Crippen molar-refractivity contribution >= 4 is 17.7 Å². The Labute approximate surface area is 199 Å². The van der Waals surface area contributed by atoms with Gasteiger partial charge in [0, 0.05) is 13.1 Å². The van der Waals surface area contributed by atoms with Crippen molar-refractivity contribution in [3.63, 3.8) is 0 Å². The molecule has 5 nitrogen and oxygen atoms in total. The van der Waals surface area contributed by atoms with Crippen molar-refractivity contribution in [2.75, 3.05) is 18.4 Å². The SMILES string of the molecule is O=C(O)c1cc(-c2ccc(F)cc2)ccc1NC(=O)N1CCC(c2ccccc2C(F)(F)F)CC1. The molecule has 35 heavy (non-hydrogen) atoms. The molecule has 0 spiro atoms. The maximum Gasteiger partial charge on any atom is 0.416 e. The molecule has 182 valence electrons. The van der Waals surface area contributed by atoms with E-state index in [0.29, 0.717) is 24.0 Å². The molecule has 2 N–H and O–H groups in total. The summed E-state index contributed by atoms with van der Waals surface area (Å²) in [5.41, 5.74) is 0.699. The van der Waals surface area contributed by atoms with E-state index in [4.69, 9.17) is 0 Å². The summed E-state index contributed by atoms with van der Waals surface area (Å²) >= 11 is 0. The van der Waals surface area contributed by atoms with E-state index in [9.17, 15) is 32.3 Å². The van der Waals surface area contributed by atoms with Crippen molar-refractivity contribution in [3.05, 3.63) is 89.2 Å². The number of aromatic carboxylic acids is 1. The standard InChI is InChI=1S/C26H22F4N2O3/c27-19-8-5-16(6-9-19)18-7-10-23(21(15-18)24(33)34)31-25(35)32-13-11-17(12-14-32)20-3-1-2-4-22(20)26(28,29)30/h1-10,15,17H,11-14H2,(H,31,35)(H,33,34). The van der Waals surface area contributed by atoms with E-state index in [1.807, 2.05) is 0 Å². The van der Waals surface area contributed by atoms with E-state index in [1.54, 1.807) is 12.1 Å². The van der Waals surface area contributed by atoms with Gasteiger partial charge in [-0.15, -0.1) is 0 Å². The first-order chi connectivity index (χ1) is 16.6. The summed E-state index contributed by atoms with van der Waals surface area (Å²) in [5, 5.41) is 12.2. The quantitative estimate of drug-likeness (QED) is 0.407. The number of benzene rings is 3. The number of carboxylic acids is 1. The van der Waals surface area contributed by atoms with Gasteiger partial charge in [-0.3, -0.25) is 0 Å². The van der Waals surface area contributed by atoms with E-state index >= 15 is 0 Å². The summed E-state index contributed by atoms with van der Waals surface area (Å²) in [6.45, 7) is 0.470. The molecular formula is C26H22F4N2O3. The van der Waals surface area contributed by atoms with E-state index < -0.39 is 29.6 Å². The summed E-state index contributed by atoms with van der Waals surface area (Å²) in [5.74, 6) is -1.99. The third-order valence-corrected chi connectivity index (χ3v) is 6.16. The first-order valence-corrected chi connectivity index (χ1v) is 11.0. The lowest BCUT2D eigenvalue weighted by molar-refractivity contribution is -0.138. The number of carbonyl (C=O) groups excluding carboxylic acids is 1. The molecule has 1 aliphatic heterocycles. The Hall–Kier alpha value is -3.88. The summed E-state index contributed by atoms with van der Waals surface area (Å²) < 4.78 is 53.3. The summed E-state index contributed by atoms with van der Waals surface area (Å²) in [4.78, 5) is 26.1. The molecule has 0 saturated carbocycles. The average Bonchev–Trinajstić information content (AvgIpc) is 2.84. The number of likely N-dealkylation sites (tertiary alicyclic amines) is 1. The number of carbonyl (C=O) groups is 2. The summed E-state index contributed by atoms with van der Waals surface area (Å²) in [6, 6.07) is 15.0. The van der Waals surface area contributed by atoms with Gasteiger partial charge in [0.1, 0.15) is 5.82 Å². The molecule has 3 aromatic rings. The molecule has 4 rings (SSSR count). The van der Waals surface area contributed by atoms with E-state index in [1.165, 1.54) is 53.4 Å². The van der Waals surface area contributed by atoms with Crippen LogP contribution < -0.4 is 5.32 Å². The Morgan fingerprint density at radius 2 is 1.54 bits per heavy atom. The van der Waals surface area contributed by atoms with Gasteiger partial charge >= 0.3 is 18.2 Å². The topological polar surface area (TPSA) is 69.6 Å². The molecule has 0 aromatic heterocycles. The molecule has 1 aliphatic rings. The highest BCUT2D eigenvalue weighted by Crippen LogP contribution is 2.38. The zero-order valence-corrected chi connectivity index (χ0v) is 18.5. The Balaban J connectivity index is 1.46. The van der Waals surface area contributed by atoms with Gasteiger partial charge in [-0.1, -0.05) is 36.4 Å². The Morgan fingerprint density at radius 1 is 0.914 bits per heavy atom. The summed E-state index contributed by atoms with van der Waals surface area (Å²) in [7, 11) is 0. The minimum absolute atomic E-state index is 0.0953. The van der Waals surface area contributed by atoms with Crippen molar-refractivity contribution in [3.8, 4) is 11.1 Å². The smallest absolute Gasteiger partial charge is 0.416 e. The number of halogens is 4. The van der Waals surface area contributed by atoms with Gasteiger partial charge in [0.25, 0.3) is 0 Å². The number of nitrogens with zero attached hydrogens (tertiary/aromatic N) is 1. The molecule has 1 saturated heterocycles. The van der Waals surface area contributed by atoms with Crippen LogP contribution in [0.4, 0.5) is 28.0 Å². The van der Waals surface area contributed by atoms with Crippen LogP contribution >= 0.6 is 0 Å². The lowest BCUT2D eigenvalue weighted by Crippen LogP contribution is -2.41. The number of rotatable bonds is 4. The third-order valence-electron chi connectivity index (χ3n) is 6.16. The van der Waals surface area contributed by atoms with Gasteiger partial charge in [-0.25, -0.2) is 14.0 Å². The van der Waals surface area contributed by atoms with E-state index in [2.05, 4.69) is 5.32 Å². The molecule has 1 heterocycles. The van der Waals surface area contributed by atoms with Crippen LogP contribution in [0.1, 0.15) is 40.2 Å². The second kappa shape index (κ2) is 9.77. The highest BCUT2D eigenvalue weighted by atomic mass is 19.4. The number of anilines is 1. The van der Waals surface area contributed by atoms with Crippen LogP contribution in [0.2, 0.25) is 0 Å². The monoisotopic (exact) mass is 486 g/mol. The Bertz CT molecular complexity index is 1230. The van der Waals surface area contributed by atoms with Crippen LogP contribution in [0.5, 0.6) is 0 Å². The van der Waals surface area contributed by atoms with E-state index in [0.717, 1.165) is 6.07 Å². The molecule has 0 bridgehead atoms. The second-order valence-electron chi connectivity index (χ2n) is 8.35. The maximum absolute atomic E-state index is 13.4. The fourth-order valence-corrected chi connectivity index (χ4v) is 4.35. The van der Waals surface area contributed by atoms with Crippen molar-refractivity contribution in [1.82, 2.24) is 4.90 Å². The predicted octanol–water partition coefficient (Wildman–Crippen LogP) is 6.62. The number of piperidine rings is 1. The molecule has 9 heteroatoms. The van der Waals surface area contributed by atoms with Crippen molar-refractivity contribution in [2.45, 2.75) is 24.9 Å². The van der Waals surface area contributed by atoms with Gasteiger partial charge in [-0.2, -0.15) is 13.2 Å². The highest BCUT2D eigenvalue weighted by Gasteiger charge is 2.36. The lowest BCUT2D eigenvalue weighted by atomic mass is 9.86. The number of amides is 2. The molecule has 0 atom stereocenters. The molecule has 3 aromatic carbocycles. The molecule has 0 radical (unpaired) electrons. The van der Waals surface area contributed by atoms with Crippen molar-refractivity contribution in [1.29, 1.82) is 0 Å². The van der Waals surface area contributed by atoms with Crippen LogP contribution in [0.3, 0.4) is 0 Å². The summed E-state index contributed by atoms with van der Waals surface area (Å²) in [6.07, 6.45) is -3.73. The number of nitrogens with one attached hydrogen (secondary N) is 1. The second-order valence-corrected chi connectivity index (χ2v) is 8.35. The molecule has 0 unspecified atom stereocenters. The number of carboxylic acid groups (broad SMARTS) is 1. The van der Waals surface area contributed by atoms with Gasteiger partial charge in [-0.05, 0) is 65.8 Å². The van der Waals surface area contributed by atoms with E-state index in [-0.39, 0.29) is 35.8 Å². The largest absolute Gasteiger partial charge is 0.478 e. The minimum atomic E-state index is -4.45. The normalized spacial score (nSPS) is 14.6. The first-order valence-electron chi connectivity index (χ1n) is 11.0. The fourth-order valence-electron chi connectivity index (χ4n) is 4.35. The number of hydrogen-bond acceptors (Lipinski definition) is 2. The maximum atomic E-state index is 13.4. The van der Waals surface area contributed by atoms with Crippen molar-refractivity contribution in [2.24, 2.45) is 0 Å². The molecular weight excluding hydrogens is 464 g/mol. The molecule has 2 amide bonds. The number of urea groups is 1. The van der Waals surface area contributed by atoms with Gasteiger partial charge in [0.2, 0.25) is 0 Å². The lowest BCUT2D eigenvalue weighted by Gasteiger charge is -2.33. The van der Waals surface area contributed by atoms with Crippen molar-refractivity contribution < 1.29 is 32.3 Å². The molecule has 0 aliphatic carbocycles. The average molecular weight is 486 g/mol. The third kappa shape index (κ3) is 5.45. The zero-order chi connectivity index (χ0) is 25.2.